The molecule has 114 valence electrons. The highest BCUT2D eigenvalue weighted by atomic mass is 16.4. The van der Waals surface area contributed by atoms with Gasteiger partial charge in [-0.3, -0.25) is 4.79 Å². The summed E-state index contributed by atoms with van der Waals surface area (Å²) in [6.07, 6.45) is 12.3. The van der Waals surface area contributed by atoms with Gasteiger partial charge in [0.2, 0.25) is 0 Å². The SMILES string of the molecule is C#CCN(CC(=O)O)C(=O)NC12CC3CC(CC(C3)C1)C2. The van der Waals surface area contributed by atoms with Crippen molar-refractivity contribution in [2.75, 3.05) is 13.1 Å². The number of carbonyl (C=O) groups excluding carboxylic acids is 1. The van der Waals surface area contributed by atoms with E-state index in [2.05, 4.69) is 11.2 Å². The summed E-state index contributed by atoms with van der Waals surface area (Å²) in [5, 5.41) is 12.0. The summed E-state index contributed by atoms with van der Waals surface area (Å²) in [6, 6.07) is -0.322. The molecule has 0 saturated heterocycles. The lowest BCUT2D eigenvalue weighted by molar-refractivity contribution is -0.137. The number of terminal acetylenes is 1. The number of hydrogen-bond donors (Lipinski definition) is 2. The zero-order chi connectivity index (χ0) is 15.0. The van der Waals surface area contributed by atoms with Gasteiger partial charge < -0.3 is 15.3 Å². The number of carboxylic acids is 1. The summed E-state index contributed by atoms with van der Waals surface area (Å²) < 4.78 is 0. The van der Waals surface area contributed by atoms with Crippen molar-refractivity contribution in [2.45, 2.75) is 44.1 Å². The van der Waals surface area contributed by atoms with Gasteiger partial charge in [-0.1, -0.05) is 5.92 Å². The number of urea groups is 1. The normalized spacial score (nSPS) is 36.0. The number of aliphatic carboxylic acids is 1. The summed E-state index contributed by atoms with van der Waals surface area (Å²) in [6.45, 7) is -0.313. The Morgan fingerprint density at radius 2 is 1.71 bits per heavy atom. The summed E-state index contributed by atoms with van der Waals surface area (Å²) in [4.78, 5) is 24.5. The van der Waals surface area contributed by atoms with Crippen LogP contribution in [0.1, 0.15) is 38.5 Å². The van der Waals surface area contributed by atoms with Gasteiger partial charge in [-0.25, -0.2) is 4.79 Å². The quantitative estimate of drug-likeness (QED) is 0.774. The standard InChI is InChI=1S/C16H22N2O3/c1-2-3-18(10-14(19)20)15(21)17-16-7-11-4-12(8-16)6-13(5-11)9-16/h1,11-13H,3-10H2,(H,17,21)(H,19,20). The van der Waals surface area contributed by atoms with Crippen molar-refractivity contribution in [1.82, 2.24) is 10.2 Å². The van der Waals surface area contributed by atoms with Crippen molar-refractivity contribution in [2.24, 2.45) is 17.8 Å². The lowest BCUT2D eigenvalue weighted by Crippen LogP contribution is -2.62. The first-order chi connectivity index (χ1) is 9.99. The molecule has 0 heterocycles. The number of carbonyl (C=O) groups is 2. The third-order valence-corrected chi connectivity index (χ3v) is 5.31. The van der Waals surface area contributed by atoms with Crippen molar-refractivity contribution >= 4 is 12.0 Å². The van der Waals surface area contributed by atoms with Crippen LogP contribution < -0.4 is 5.32 Å². The third-order valence-electron chi connectivity index (χ3n) is 5.31. The van der Waals surface area contributed by atoms with E-state index in [0.29, 0.717) is 0 Å². The molecule has 0 aromatic carbocycles. The predicted octanol–water partition coefficient (Wildman–Crippen LogP) is 1.68. The maximum Gasteiger partial charge on any atom is 0.323 e. The molecule has 0 radical (unpaired) electrons. The van der Waals surface area contributed by atoms with E-state index in [1.54, 1.807) is 0 Å². The fourth-order valence-electron chi connectivity index (χ4n) is 5.04. The summed E-state index contributed by atoms with van der Waals surface area (Å²) in [5.74, 6) is 3.53. The first kappa shape index (κ1) is 14.2. The summed E-state index contributed by atoms with van der Waals surface area (Å²) in [5.41, 5.74) is -0.114. The van der Waals surface area contributed by atoms with E-state index in [4.69, 9.17) is 11.5 Å². The lowest BCUT2D eigenvalue weighted by Gasteiger charge is -2.57. The Morgan fingerprint density at radius 3 is 2.14 bits per heavy atom. The van der Waals surface area contributed by atoms with Crippen molar-refractivity contribution in [3.05, 3.63) is 0 Å². The van der Waals surface area contributed by atoms with Gasteiger partial charge in [0.15, 0.2) is 0 Å². The van der Waals surface area contributed by atoms with E-state index in [9.17, 15) is 9.59 Å². The molecular formula is C16H22N2O3. The van der Waals surface area contributed by atoms with Crippen LogP contribution in [-0.2, 0) is 4.79 Å². The molecule has 4 aliphatic carbocycles. The van der Waals surface area contributed by atoms with Gasteiger partial charge in [0.05, 0.1) is 6.54 Å². The molecule has 0 aromatic heterocycles. The number of rotatable bonds is 4. The molecule has 0 spiro atoms. The van der Waals surface area contributed by atoms with Crippen LogP contribution in [0.3, 0.4) is 0 Å². The highest BCUT2D eigenvalue weighted by molar-refractivity contribution is 5.81. The van der Waals surface area contributed by atoms with Gasteiger partial charge in [0.1, 0.15) is 6.54 Å². The van der Waals surface area contributed by atoms with Gasteiger partial charge >= 0.3 is 12.0 Å². The van der Waals surface area contributed by atoms with E-state index in [1.807, 2.05) is 0 Å². The van der Waals surface area contributed by atoms with Gasteiger partial charge in [-0.05, 0) is 56.3 Å². The Bertz CT molecular complexity index is 459. The Hall–Kier alpha value is -1.70. The zero-order valence-corrected chi connectivity index (χ0v) is 12.2. The molecule has 0 atom stereocenters. The van der Waals surface area contributed by atoms with Crippen molar-refractivity contribution in [3.8, 4) is 12.3 Å². The van der Waals surface area contributed by atoms with Crippen LogP contribution >= 0.6 is 0 Å². The van der Waals surface area contributed by atoms with Gasteiger partial charge in [0, 0.05) is 5.54 Å². The average molecular weight is 290 g/mol. The van der Waals surface area contributed by atoms with Gasteiger partial charge in [-0.15, -0.1) is 6.42 Å². The maximum absolute atomic E-state index is 12.4. The Kier molecular flexibility index (Phi) is 3.56. The predicted molar refractivity (Wildman–Crippen MR) is 77.5 cm³/mol. The second kappa shape index (κ2) is 5.25. The van der Waals surface area contributed by atoms with Crippen LogP contribution in [0.15, 0.2) is 0 Å². The van der Waals surface area contributed by atoms with E-state index >= 15 is 0 Å². The molecule has 2 amide bonds. The number of carboxylic acid groups (broad SMARTS) is 1. The van der Waals surface area contributed by atoms with Crippen LogP contribution in [-0.4, -0.2) is 40.6 Å². The second-order valence-electron chi connectivity index (χ2n) is 7.08. The van der Waals surface area contributed by atoms with Crippen LogP contribution in [0, 0.1) is 30.1 Å². The first-order valence-electron chi connectivity index (χ1n) is 7.72. The Balaban J connectivity index is 1.68. The molecule has 4 fully saturated rings. The van der Waals surface area contributed by atoms with Crippen molar-refractivity contribution < 1.29 is 14.7 Å². The third kappa shape index (κ3) is 2.85. The smallest absolute Gasteiger partial charge is 0.323 e. The lowest BCUT2D eigenvalue weighted by atomic mass is 9.53. The molecule has 2 N–H and O–H groups in total. The minimum absolute atomic E-state index is 0.0322. The van der Waals surface area contributed by atoms with E-state index in [-0.39, 0.29) is 24.7 Å². The van der Waals surface area contributed by atoms with Gasteiger partial charge in [-0.2, -0.15) is 0 Å². The van der Waals surface area contributed by atoms with Gasteiger partial charge in [0.25, 0.3) is 0 Å². The second-order valence-corrected chi connectivity index (χ2v) is 7.08. The molecule has 5 heteroatoms. The summed E-state index contributed by atoms with van der Waals surface area (Å²) in [7, 11) is 0. The molecule has 4 bridgehead atoms. The molecular weight excluding hydrogens is 268 g/mol. The molecule has 4 saturated carbocycles. The molecule has 21 heavy (non-hydrogen) atoms. The number of nitrogens with zero attached hydrogens (tertiary/aromatic N) is 1. The van der Waals surface area contributed by atoms with E-state index in [1.165, 1.54) is 24.2 Å². The van der Waals surface area contributed by atoms with Crippen LogP contribution in [0.25, 0.3) is 0 Å². The van der Waals surface area contributed by atoms with Crippen molar-refractivity contribution in [1.29, 1.82) is 0 Å². The number of amides is 2. The van der Waals surface area contributed by atoms with E-state index < -0.39 is 5.97 Å². The average Bonchev–Trinajstić information content (AvgIpc) is 2.35. The molecule has 5 nitrogen and oxygen atoms in total. The monoisotopic (exact) mass is 290 g/mol. The highest BCUT2D eigenvalue weighted by Gasteiger charge is 2.51. The number of nitrogens with one attached hydrogen (secondary N) is 1. The fraction of sp³-hybridized carbons (Fsp3) is 0.750. The minimum Gasteiger partial charge on any atom is -0.480 e. The van der Waals surface area contributed by atoms with Crippen LogP contribution in [0.4, 0.5) is 4.79 Å². The van der Waals surface area contributed by atoms with Crippen LogP contribution in [0.2, 0.25) is 0 Å². The molecule has 0 aromatic rings. The zero-order valence-electron chi connectivity index (χ0n) is 12.2. The minimum atomic E-state index is -1.04. The Labute approximate surface area is 125 Å². The number of hydrogen-bond acceptors (Lipinski definition) is 2. The topological polar surface area (TPSA) is 69.6 Å². The fourth-order valence-corrected chi connectivity index (χ4v) is 5.04. The van der Waals surface area contributed by atoms with Crippen molar-refractivity contribution in [3.63, 3.8) is 0 Å². The molecule has 0 aliphatic heterocycles. The summed E-state index contributed by atoms with van der Waals surface area (Å²) >= 11 is 0. The molecule has 4 rings (SSSR count). The molecule has 4 aliphatic rings. The highest BCUT2D eigenvalue weighted by Crippen LogP contribution is 2.55. The van der Waals surface area contributed by atoms with Crippen LogP contribution in [0.5, 0.6) is 0 Å². The first-order valence-corrected chi connectivity index (χ1v) is 7.72. The van der Waals surface area contributed by atoms with E-state index in [0.717, 1.165) is 37.0 Å². The maximum atomic E-state index is 12.4. The Morgan fingerprint density at radius 1 is 1.19 bits per heavy atom. The largest absolute Gasteiger partial charge is 0.480 e. The molecule has 0 unspecified atom stereocenters.